The van der Waals surface area contributed by atoms with Crippen molar-refractivity contribution in [3.63, 3.8) is 0 Å². The summed E-state index contributed by atoms with van der Waals surface area (Å²) in [6.45, 7) is 5.67. The Morgan fingerprint density at radius 2 is 2.08 bits per heavy atom. The molecule has 3 nitrogen and oxygen atoms in total. The zero-order valence-electron chi connectivity index (χ0n) is 8.78. The van der Waals surface area contributed by atoms with Crippen molar-refractivity contribution >= 4 is 7.60 Å². The van der Waals surface area contributed by atoms with E-state index in [2.05, 4.69) is 13.8 Å². The van der Waals surface area contributed by atoms with Crippen LogP contribution >= 0.6 is 7.60 Å². The summed E-state index contributed by atoms with van der Waals surface area (Å²) in [6.07, 6.45) is 4.35. The van der Waals surface area contributed by atoms with Gasteiger partial charge < -0.3 is 14.0 Å². The smallest absolute Gasteiger partial charge is 0.131 e. The summed E-state index contributed by atoms with van der Waals surface area (Å²) in [4.78, 5) is 10.7. The van der Waals surface area contributed by atoms with Gasteiger partial charge >= 0.3 is 0 Å². The first-order valence-electron chi connectivity index (χ1n) is 4.92. The highest BCUT2D eigenvalue weighted by Gasteiger charge is 2.08. The van der Waals surface area contributed by atoms with Crippen molar-refractivity contribution in [1.82, 2.24) is 0 Å². The SMILES string of the molecule is CCCCC(CC)COP(C)(=O)[O-]. The van der Waals surface area contributed by atoms with Crippen molar-refractivity contribution in [2.75, 3.05) is 13.3 Å². The Hall–Kier alpha value is 0.150. The zero-order chi connectivity index (χ0) is 10.3. The van der Waals surface area contributed by atoms with Crippen LogP contribution < -0.4 is 4.89 Å². The lowest BCUT2D eigenvalue weighted by atomic mass is 10.0. The second kappa shape index (κ2) is 6.58. The van der Waals surface area contributed by atoms with E-state index in [0.717, 1.165) is 32.3 Å². The summed E-state index contributed by atoms with van der Waals surface area (Å²) in [5.74, 6) is 0.391. The molecule has 0 saturated carbocycles. The predicted octanol–water partition coefficient (Wildman–Crippen LogP) is 2.40. The quantitative estimate of drug-likeness (QED) is 0.602. The predicted molar refractivity (Wildman–Crippen MR) is 52.8 cm³/mol. The zero-order valence-corrected chi connectivity index (χ0v) is 9.68. The lowest BCUT2D eigenvalue weighted by Crippen LogP contribution is -2.11. The highest BCUT2D eigenvalue weighted by Crippen LogP contribution is 2.32. The van der Waals surface area contributed by atoms with E-state index in [4.69, 9.17) is 4.52 Å². The number of hydrogen-bond donors (Lipinski definition) is 0. The van der Waals surface area contributed by atoms with Gasteiger partial charge in [-0.2, -0.15) is 0 Å². The maximum absolute atomic E-state index is 10.7. The van der Waals surface area contributed by atoms with Gasteiger partial charge in [-0.1, -0.05) is 33.1 Å². The maximum Gasteiger partial charge on any atom is 0.131 e. The van der Waals surface area contributed by atoms with Crippen molar-refractivity contribution in [2.45, 2.75) is 39.5 Å². The molecule has 0 fully saturated rings. The van der Waals surface area contributed by atoms with E-state index in [9.17, 15) is 9.46 Å². The van der Waals surface area contributed by atoms with Crippen LogP contribution in [0.3, 0.4) is 0 Å². The molecule has 0 aromatic heterocycles. The van der Waals surface area contributed by atoms with Gasteiger partial charge in [0.05, 0.1) is 6.61 Å². The summed E-state index contributed by atoms with van der Waals surface area (Å²) >= 11 is 0. The highest BCUT2D eigenvalue weighted by atomic mass is 31.2. The monoisotopic (exact) mass is 207 g/mol. The number of unbranched alkanes of at least 4 members (excludes halogenated alkanes) is 1. The Balaban J connectivity index is 3.65. The maximum atomic E-state index is 10.7. The van der Waals surface area contributed by atoms with Gasteiger partial charge in [0, 0.05) is 6.66 Å². The van der Waals surface area contributed by atoms with Crippen LogP contribution in [0.15, 0.2) is 0 Å². The molecule has 4 heteroatoms. The van der Waals surface area contributed by atoms with Gasteiger partial charge in [0.15, 0.2) is 0 Å². The van der Waals surface area contributed by atoms with Crippen LogP contribution in [0, 0.1) is 5.92 Å². The molecular formula is C9H20O3P-. The van der Waals surface area contributed by atoms with Gasteiger partial charge in [0.25, 0.3) is 0 Å². The Bertz CT molecular complexity index is 164. The molecule has 0 aliphatic carbocycles. The minimum absolute atomic E-state index is 0.355. The summed E-state index contributed by atoms with van der Waals surface area (Å²) < 4.78 is 15.5. The molecule has 0 N–H and O–H groups in total. The van der Waals surface area contributed by atoms with Crippen LogP contribution in [0.5, 0.6) is 0 Å². The fourth-order valence-electron chi connectivity index (χ4n) is 1.14. The minimum Gasteiger partial charge on any atom is -0.779 e. The van der Waals surface area contributed by atoms with E-state index in [-0.39, 0.29) is 0 Å². The van der Waals surface area contributed by atoms with E-state index in [1.807, 2.05) is 0 Å². The molecule has 13 heavy (non-hydrogen) atoms. The molecule has 0 bridgehead atoms. The van der Waals surface area contributed by atoms with Gasteiger partial charge in [-0.15, -0.1) is 0 Å². The molecular weight excluding hydrogens is 187 g/mol. The fraction of sp³-hybridized carbons (Fsp3) is 1.00. The topological polar surface area (TPSA) is 49.4 Å². The molecule has 80 valence electrons. The molecule has 0 saturated heterocycles. The summed E-state index contributed by atoms with van der Waals surface area (Å²) in [5.41, 5.74) is 0. The van der Waals surface area contributed by atoms with E-state index in [0.29, 0.717) is 12.5 Å². The van der Waals surface area contributed by atoms with Crippen molar-refractivity contribution in [2.24, 2.45) is 5.92 Å². The van der Waals surface area contributed by atoms with Gasteiger partial charge in [-0.3, -0.25) is 0 Å². The van der Waals surface area contributed by atoms with E-state index in [1.165, 1.54) is 0 Å². The molecule has 0 aromatic carbocycles. The van der Waals surface area contributed by atoms with Gasteiger partial charge in [0.1, 0.15) is 7.60 Å². The number of hydrogen-bond acceptors (Lipinski definition) is 3. The first-order valence-corrected chi connectivity index (χ1v) is 6.91. The van der Waals surface area contributed by atoms with Crippen LogP contribution in [-0.4, -0.2) is 13.3 Å². The Morgan fingerprint density at radius 3 is 2.46 bits per heavy atom. The van der Waals surface area contributed by atoms with Gasteiger partial charge in [0.2, 0.25) is 0 Å². The van der Waals surface area contributed by atoms with Crippen molar-refractivity contribution < 1.29 is 14.0 Å². The average Bonchev–Trinajstić information content (AvgIpc) is 2.03. The Morgan fingerprint density at radius 1 is 1.46 bits per heavy atom. The van der Waals surface area contributed by atoms with Gasteiger partial charge in [-0.05, 0) is 12.3 Å². The first kappa shape index (κ1) is 13.2. The molecule has 0 rings (SSSR count). The minimum atomic E-state index is -3.51. The third-order valence-electron chi connectivity index (χ3n) is 2.09. The lowest BCUT2D eigenvalue weighted by molar-refractivity contribution is -0.197. The van der Waals surface area contributed by atoms with E-state index < -0.39 is 7.60 Å². The summed E-state index contributed by atoms with van der Waals surface area (Å²) in [5, 5.41) is 0. The second-order valence-electron chi connectivity index (χ2n) is 3.48. The molecule has 0 aliphatic rings. The standard InChI is InChI=1S/C9H21O3P/c1-4-6-7-9(5-2)8-12-13(3,10)11/h9H,4-8H2,1-3H3,(H,10,11)/p-1. The molecule has 0 aromatic rings. The van der Waals surface area contributed by atoms with E-state index >= 15 is 0 Å². The molecule has 0 aliphatic heterocycles. The molecule has 0 radical (unpaired) electrons. The Kier molecular flexibility index (Phi) is 6.66. The van der Waals surface area contributed by atoms with Crippen molar-refractivity contribution in [3.8, 4) is 0 Å². The third kappa shape index (κ3) is 8.48. The molecule has 2 unspecified atom stereocenters. The molecule has 0 heterocycles. The lowest BCUT2D eigenvalue weighted by Gasteiger charge is -2.22. The van der Waals surface area contributed by atoms with Crippen LogP contribution in [0.4, 0.5) is 0 Å². The van der Waals surface area contributed by atoms with Crippen LogP contribution in [0.2, 0.25) is 0 Å². The summed E-state index contributed by atoms with van der Waals surface area (Å²) in [7, 11) is -3.51. The molecule has 2 atom stereocenters. The summed E-state index contributed by atoms with van der Waals surface area (Å²) in [6, 6.07) is 0. The van der Waals surface area contributed by atoms with Crippen molar-refractivity contribution in [3.05, 3.63) is 0 Å². The van der Waals surface area contributed by atoms with Crippen LogP contribution in [0.1, 0.15) is 39.5 Å². The second-order valence-corrected chi connectivity index (χ2v) is 5.28. The Labute approximate surface area is 81.0 Å². The van der Waals surface area contributed by atoms with Gasteiger partial charge in [-0.25, -0.2) is 0 Å². The van der Waals surface area contributed by atoms with Crippen LogP contribution in [-0.2, 0) is 9.09 Å². The largest absolute Gasteiger partial charge is 0.779 e. The van der Waals surface area contributed by atoms with E-state index in [1.54, 1.807) is 0 Å². The van der Waals surface area contributed by atoms with Crippen molar-refractivity contribution in [1.29, 1.82) is 0 Å². The fourth-order valence-corrected chi connectivity index (χ4v) is 1.62. The highest BCUT2D eigenvalue weighted by molar-refractivity contribution is 7.50. The molecule has 0 spiro atoms. The third-order valence-corrected chi connectivity index (χ3v) is 2.71. The normalized spacial score (nSPS) is 18.2. The van der Waals surface area contributed by atoms with Crippen LogP contribution in [0.25, 0.3) is 0 Å². The molecule has 0 amide bonds. The average molecular weight is 207 g/mol. The number of rotatable bonds is 7. The first-order chi connectivity index (χ1) is 5.99.